The summed E-state index contributed by atoms with van der Waals surface area (Å²) in [5.74, 6) is 0.203. The van der Waals surface area contributed by atoms with E-state index in [1.807, 2.05) is 0 Å². The first-order valence-corrected chi connectivity index (χ1v) is 4.50. The molecule has 70 valence electrons. The van der Waals surface area contributed by atoms with E-state index in [2.05, 4.69) is 6.92 Å². The smallest absolute Gasteiger partial charge is 0.133 e. The van der Waals surface area contributed by atoms with Gasteiger partial charge in [0.2, 0.25) is 0 Å². The second-order valence-corrected chi connectivity index (χ2v) is 3.93. The molecule has 0 aromatic rings. The van der Waals surface area contributed by atoms with Gasteiger partial charge in [-0.1, -0.05) is 27.2 Å². The van der Waals surface area contributed by atoms with Gasteiger partial charge in [-0.25, -0.2) is 0 Å². The van der Waals surface area contributed by atoms with E-state index in [0.29, 0.717) is 12.8 Å². The van der Waals surface area contributed by atoms with Crippen LogP contribution in [-0.2, 0) is 9.59 Å². The maximum Gasteiger partial charge on any atom is 0.133 e. The van der Waals surface area contributed by atoms with Crippen molar-refractivity contribution in [1.29, 1.82) is 0 Å². The third-order valence-electron chi connectivity index (χ3n) is 1.78. The number of Topliss-reactive ketones (excluding diaryl/α,β-unsaturated/α-hetero) is 1. The highest BCUT2D eigenvalue weighted by atomic mass is 16.1. The lowest BCUT2D eigenvalue weighted by atomic mass is 9.88. The molecular formula is C10H18O2. The first-order valence-electron chi connectivity index (χ1n) is 4.50. The minimum Gasteiger partial charge on any atom is -0.303 e. The molecule has 0 saturated heterocycles. The Kier molecular flexibility index (Phi) is 4.79. The Bertz CT molecular complexity index is 159. The van der Waals surface area contributed by atoms with Gasteiger partial charge in [0.15, 0.2) is 0 Å². The number of aldehydes is 1. The van der Waals surface area contributed by atoms with Gasteiger partial charge in [-0.05, 0) is 6.42 Å². The van der Waals surface area contributed by atoms with Crippen LogP contribution in [0.1, 0.15) is 46.5 Å². The predicted molar refractivity (Wildman–Crippen MR) is 49.0 cm³/mol. The van der Waals surface area contributed by atoms with Crippen LogP contribution in [0.2, 0.25) is 0 Å². The van der Waals surface area contributed by atoms with Gasteiger partial charge in [0.25, 0.3) is 0 Å². The zero-order valence-electron chi connectivity index (χ0n) is 8.22. The summed E-state index contributed by atoms with van der Waals surface area (Å²) in [7, 11) is 0. The highest BCUT2D eigenvalue weighted by molar-refractivity contribution is 5.82. The summed E-state index contributed by atoms with van der Waals surface area (Å²) >= 11 is 0. The van der Waals surface area contributed by atoms with Gasteiger partial charge in [0, 0.05) is 18.3 Å². The van der Waals surface area contributed by atoms with Gasteiger partial charge in [-0.2, -0.15) is 0 Å². The SMILES string of the molecule is CCCCC(=O)CC(C)(C)C=O. The predicted octanol–water partition coefficient (Wildman–Crippen LogP) is 2.36. The molecule has 0 fully saturated rings. The molecule has 12 heavy (non-hydrogen) atoms. The highest BCUT2D eigenvalue weighted by Gasteiger charge is 2.20. The maximum absolute atomic E-state index is 11.2. The van der Waals surface area contributed by atoms with Crippen LogP contribution in [0.25, 0.3) is 0 Å². The minimum atomic E-state index is -0.467. The molecule has 2 nitrogen and oxygen atoms in total. The van der Waals surface area contributed by atoms with E-state index >= 15 is 0 Å². The van der Waals surface area contributed by atoms with Crippen molar-refractivity contribution in [2.24, 2.45) is 5.41 Å². The highest BCUT2D eigenvalue weighted by Crippen LogP contribution is 2.18. The van der Waals surface area contributed by atoms with Gasteiger partial charge in [0.1, 0.15) is 12.1 Å². The lowest BCUT2D eigenvalue weighted by molar-refractivity contribution is -0.125. The molecule has 2 heteroatoms. The summed E-state index contributed by atoms with van der Waals surface area (Å²) in [5.41, 5.74) is -0.467. The van der Waals surface area contributed by atoms with Gasteiger partial charge in [-0.3, -0.25) is 4.79 Å². The zero-order valence-corrected chi connectivity index (χ0v) is 8.22. The lowest BCUT2D eigenvalue weighted by Crippen LogP contribution is -2.18. The Balaban J connectivity index is 3.76. The van der Waals surface area contributed by atoms with Crippen molar-refractivity contribution in [3.8, 4) is 0 Å². The fraction of sp³-hybridized carbons (Fsp3) is 0.800. The first kappa shape index (κ1) is 11.3. The molecular weight excluding hydrogens is 152 g/mol. The van der Waals surface area contributed by atoms with Crippen molar-refractivity contribution >= 4 is 12.1 Å². The van der Waals surface area contributed by atoms with E-state index in [-0.39, 0.29) is 5.78 Å². The van der Waals surface area contributed by atoms with Crippen LogP contribution in [0.4, 0.5) is 0 Å². The van der Waals surface area contributed by atoms with Crippen molar-refractivity contribution in [2.45, 2.75) is 46.5 Å². The normalized spacial score (nSPS) is 11.2. The first-order chi connectivity index (χ1) is 5.52. The Hall–Kier alpha value is -0.660. The van der Waals surface area contributed by atoms with Crippen molar-refractivity contribution < 1.29 is 9.59 Å². The molecule has 0 aromatic carbocycles. The summed E-state index contributed by atoms with van der Waals surface area (Å²) in [6, 6.07) is 0. The van der Waals surface area contributed by atoms with Crippen molar-refractivity contribution in [3.63, 3.8) is 0 Å². The Morgan fingerprint density at radius 2 is 2.00 bits per heavy atom. The fourth-order valence-electron chi connectivity index (χ4n) is 1.01. The molecule has 0 radical (unpaired) electrons. The van der Waals surface area contributed by atoms with Crippen LogP contribution < -0.4 is 0 Å². The van der Waals surface area contributed by atoms with E-state index in [4.69, 9.17) is 0 Å². The van der Waals surface area contributed by atoms with Crippen LogP contribution >= 0.6 is 0 Å². The monoisotopic (exact) mass is 170 g/mol. The summed E-state index contributed by atoms with van der Waals surface area (Å²) < 4.78 is 0. The third-order valence-corrected chi connectivity index (χ3v) is 1.78. The largest absolute Gasteiger partial charge is 0.303 e. The van der Waals surface area contributed by atoms with Crippen molar-refractivity contribution in [2.75, 3.05) is 0 Å². The summed E-state index contributed by atoms with van der Waals surface area (Å²) in [6.07, 6.45) is 3.84. The molecule has 0 aromatic heterocycles. The van der Waals surface area contributed by atoms with Crippen LogP contribution in [-0.4, -0.2) is 12.1 Å². The molecule has 0 aliphatic heterocycles. The Morgan fingerprint density at radius 1 is 1.42 bits per heavy atom. The number of unbranched alkanes of at least 4 members (excludes halogenated alkanes) is 1. The molecule has 0 bridgehead atoms. The zero-order chi connectivity index (χ0) is 9.61. The van der Waals surface area contributed by atoms with E-state index in [1.165, 1.54) is 0 Å². The molecule has 0 saturated carbocycles. The topological polar surface area (TPSA) is 34.1 Å². The number of carbonyl (C=O) groups excluding carboxylic acids is 2. The fourth-order valence-corrected chi connectivity index (χ4v) is 1.01. The van der Waals surface area contributed by atoms with Crippen molar-refractivity contribution in [3.05, 3.63) is 0 Å². The average molecular weight is 170 g/mol. The van der Waals surface area contributed by atoms with Gasteiger partial charge in [-0.15, -0.1) is 0 Å². The van der Waals surface area contributed by atoms with E-state index < -0.39 is 5.41 Å². The maximum atomic E-state index is 11.2. The number of carbonyl (C=O) groups is 2. The van der Waals surface area contributed by atoms with E-state index in [1.54, 1.807) is 13.8 Å². The number of rotatable bonds is 6. The molecule has 0 aliphatic carbocycles. The summed E-state index contributed by atoms with van der Waals surface area (Å²) in [6.45, 7) is 5.64. The molecule has 0 atom stereocenters. The summed E-state index contributed by atoms with van der Waals surface area (Å²) in [5, 5.41) is 0. The minimum absolute atomic E-state index is 0.203. The molecule has 0 N–H and O–H groups in total. The number of hydrogen-bond donors (Lipinski definition) is 0. The summed E-state index contributed by atoms with van der Waals surface area (Å²) in [4.78, 5) is 21.7. The lowest BCUT2D eigenvalue weighted by Gasteiger charge is -2.14. The molecule has 0 unspecified atom stereocenters. The van der Waals surface area contributed by atoms with Gasteiger partial charge >= 0.3 is 0 Å². The molecule has 0 aliphatic rings. The third kappa shape index (κ3) is 5.05. The Labute approximate surface area is 74.3 Å². The second kappa shape index (κ2) is 5.07. The van der Waals surface area contributed by atoms with Crippen LogP contribution in [0.5, 0.6) is 0 Å². The van der Waals surface area contributed by atoms with E-state index in [9.17, 15) is 9.59 Å². The number of ketones is 1. The second-order valence-electron chi connectivity index (χ2n) is 3.93. The van der Waals surface area contributed by atoms with Gasteiger partial charge < -0.3 is 4.79 Å². The number of hydrogen-bond acceptors (Lipinski definition) is 2. The van der Waals surface area contributed by atoms with Gasteiger partial charge in [0.05, 0.1) is 0 Å². The molecule has 0 rings (SSSR count). The molecule has 0 amide bonds. The molecule has 0 spiro atoms. The molecule has 0 heterocycles. The van der Waals surface area contributed by atoms with Crippen LogP contribution in [0, 0.1) is 5.41 Å². The van der Waals surface area contributed by atoms with E-state index in [0.717, 1.165) is 19.1 Å². The average Bonchev–Trinajstić information content (AvgIpc) is 2.00. The van der Waals surface area contributed by atoms with Crippen LogP contribution in [0.3, 0.4) is 0 Å². The Morgan fingerprint density at radius 3 is 2.42 bits per heavy atom. The standard InChI is InChI=1S/C10H18O2/c1-4-5-6-9(12)7-10(2,3)8-11/h8H,4-7H2,1-3H3. The van der Waals surface area contributed by atoms with Crippen LogP contribution in [0.15, 0.2) is 0 Å². The van der Waals surface area contributed by atoms with Crippen molar-refractivity contribution in [1.82, 2.24) is 0 Å². The quantitative estimate of drug-likeness (QED) is 0.573.